The van der Waals surface area contributed by atoms with E-state index in [1.807, 2.05) is 0 Å². The van der Waals surface area contributed by atoms with Gasteiger partial charge in [0.1, 0.15) is 5.82 Å². The van der Waals surface area contributed by atoms with Crippen molar-refractivity contribution >= 4 is 54.1 Å². The minimum atomic E-state index is 0.914. The van der Waals surface area contributed by atoms with Crippen LogP contribution in [-0.4, -0.2) is 9.55 Å². The van der Waals surface area contributed by atoms with Gasteiger partial charge in [-0.05, 0) is 56.3 Å². The molecule has 200 valence electrons. The van der Waals surface area contributed by atoms with Crippen LogP contribution in [0.25, 0.3) is 82.3 Å². The maximum Gasteiger partial charge on any atom is 0.138 e. The van der Waals surface area contributed by atoms with Crippen LogP contribution >= 0.6 is 0 Å². The van der Waals surface area contributed by atoms with Crippen LogP contribution in [0.1, 0.15) is 0 Å². The number of rotatable bonds is 3. The number of hydrogen-bond donors (Lipinski definition) is 0. The third-order valence-electron chi connectivity index (χ3n) is 8.76. The zero-order valence-electron chi connectivity index (χ0n) is 23.4. The molecule has 0 aliphatic carbocycles. The normalized spacial score (nSPS) is 11.7. The molecule has 2 aromatic heterocycles. The quantitative estimate of drug-likeness (QED) is 0.202. The van der Waals surface area contributed by atoms with Gasteiger partial charge in [-0.25, -0.2) is 4.98 Å². The van der Waals surface area contributed by atoms with Gasteiger partial charge >= 0.3 is 0 Å². The highest BCUT2D eigenvalue weighted by atomic mass is 15.1. The molecule has 0 spiro atoms. The van der Waals surface area contributed by atoms with Crippen LogP contribution in [0.15, 0.2) is 158 Å². The Hall–Kier alpha value is -5.73. The fourth-order valence-corrected chi connectivity index (χ4v) is 6.78. The van der Waals surface area contributed by atoms with Gasteiger partial charge in [0.05, 0.1) is 16.7 Å². The summed E-state index contributed by atoms with van der Waals surface area (Å²) >= 11 is 0. The molecule has 2 heteroatoms. The average molecular weight is 547 g/mol. The molecule has 0 bridgehead atoms. The van der Waals surface area contributed by atoms with E-state index in [1.165, 1.54) is 54.2 Å². The summed E-state index contributed by atoms with van der Waals surface area (Å²) in [7, 11) is 0. The Bertz CT molecular complexity index is 2430. The molecule has 0 N–H and O–H groups in total. The highest BCUT2D eigenvalue weighted by Gasteiger charge is 2.19. The Morgan fingerprint density at radius 2 is 1.02 bits per heavy atom. The van der Waals surface area contributed by atoms with Crippen molar-refractivity contribution in [2.24, 2.45) is 0 Å². The number of fused-ring (bicyclic) bond motifs is 9. The van der Waals surface area contributed by atoms with Crippen molar-refractivity contribution < 1.29 is 0 Å². The third kappa shape index (κ3) is 3.70. The maximum atomic E-state index is 5.37. The molecular formula is C41H26N2. The molecule has 0 aliphatic rings. The van der Waals surface area contributed by atoms with E-state index in [1.54, 1.807) is 0 Å². The summed E-state index contributed by atoms with van der Waals surface area (Å²) in [6, 6.07) is 56.6. The highest BCUT2D eigenvalue weighted by Crippen LogP contribution is 2.41. The minimum absolute atomic E-state index is 0.914. The molecule has 0 atom stereocenters. The summed E-state index contributed by atoms with van der Waals surface area (Å²) in [6.07, 6.45) is 0. The lowest BCUT2D eigenvalue weighted by molar-refractivity contribution is 1.09. The Labute approximate surface area is 249 Å². The van der Waals surface area contributed by atoms with Crippen molar-refractivity contribution in [3.8, 4) is 28.2 Å². The monoisotopic (exact) mass is 546 g/mol. The van der Waals surface area contributed by atoms with E-state index in [0.29, 0.717) is 0 Å². The topological polar surface area (TPSA) is 17.8 Å². The van der Waals surface area contributed by atoms with Crippen molar-refractivity contribution in [1.29, 1.82) is 0 Å². The number of nitrogens with zero attached hydrogens (tertiary/aromatic N) is 2. The van der Waals surface area contributed by atoms with Gasteiger partial charge in [0.15, 0.2) is 0 Å². The molecule has 0 unspecified atom stereocenters. The predicted molar refractivity (Wildman–Crippen MR) is 182 cm³/mol. The maximum absolute atomic E-state index is 5.37. The van der Waals surface area contributed by atoms with Gasteiger partial charge in [-0.3, -0.25) is 4.57 Å². The molecule has 9 aromatic rings. The molecule has 0 amide bonds. The number of hydrogen-bond acceptors (Lipinski definition) is 1. The van der Waals surface area contributed by atoms with Crippen molar-refractivity contribution in [2.75, 3.05) is 0 Å². The SMILES string of the molecule is c1ccc(-c2cc(-c3ccccc3)nc(-n3c4ccccc4c4ccc5ccc6c7ccccc7ccc6c5c43)c2)cc1. The van der Waals surface area contributed by atoms with Crippen molar-refractivity contribution in [2.45, 2.75) is 0 Å². The molecular weight excluding hydrogens is 520 g/mol. The summed E-state index contributed by atoms with van der Waals surface area (Å²) in [5.41, 5.74) is 6.72. The second kappa shape index (κ2) is 9.40. The smallest absolute Gasteiger partial charge is 0.138 e. The summed E-state index contributed by atoms with van der Waals surface area (Å²) in [6.45, 7) is 0. The first-order chi connectivity index (χ1) is 21.3. The van der Waals surface area contributed by atoms with Gasteiger partial charge in [0.2, 0.25) is 0 Å². The molecule has 7 aromatic carbocycles. The molecule has 2 nitrogen and oxygen atoms in total. The molecule has 0 radical (unpaired) electrons. The van der Waals surface area contributed by atoms with E-state index in [4.69, 9.17) is 4.98 Å². The van der Waals surface area contributed by atoms with Crippen molar-refractivity contribution in [3.63, 3.8) is 0 Å². The molecule has 0 aliphatic heterocycles. The number of benzene rings is 7. The van der Waals surface area contributed by atoms with E-state index in [9.17, 15) is 0 Å². The van der Waals surface area contributed by atoms with Gasteiger partial charge in [0, 0.05) is 21.7 Å². The summed E-state index contributed by atoms with van der Waals surface area (Å²) in [5, 5.41) is 10.00. The molecule has 0 saturated carbocycles. The van der Waals surface area contributed by atoms with Crippen LogP contribution in [0.4, 0.5) is 0 Å². The van der Waals surface area contributed by atoms with Gasteiger partial charge in [-0.1, -0.05) is 140 Å². The second-order valence-corrected chi connectivity index (χ2v) is 11.2. The summed E-state index contributed by atoms with van der Waals surface area (Å²) in [5.74, 6) is 0.914. The van der Waals surface area contributed by atoms with E-state index in [-0.39, 0.29) is 0 Å². The van der Waals surface area contributed by atoms with Gasteiger partial charge < -0.3 is 0 Å². The predicted octanol–water partition coefficient (Wildman–Crippen LogP) is 11.0. The van der Waals surface area contributed by atoms with Crippen LogP contribution in [0.5, 0.6) is 0 Å². The van der Waals surface area contributed by atoms with Crippen molar-refractivity contribution in [1.82, 2.24) is 9.55 Å². The first-order valence-electron chi connectivity index (χ1n) is 14.7. The van der Waals surface area contributed by atoms with Gasteiger partial charge in [-0.2, -0.15) is 0 Å². The van der Waals surface area contributed by atoms with Crippen LogP contribution in [0.2, 0.25) is 0 Å². The van der Waals surface area contributed by atoms with Crippen LogP contribution in [-0.2, 0) is 0 Å². The van der Waals surface area contributed by atoms with E-state index in [0.717, 1.165) is 28.2 Å². The van der Waals surface area contributed by atoms with Crippen molar-refractivity contribution in [3.05, 3.63) is 158 Å². The first-order valence-corrected chi connectivity index (χ1v) is 14.7. The zero-order chi connectivity index (χ0) is 28.3. The van der Waals surface area contributed by atoms with Crippen LogP contribution in [0.3, 0.4) is 0 Å². The summed E-state index contributed by atoms with van der Waals surface area (Å²) < 4.78 is 2.39. The fourth-order valence-electron chi connectivity index (χ4n) is 6.78. The third-order valence-corrected chi connectivity index (χ3v) is 8.76. The lowest BCUT2D eigenvalue weighted by Gasteiger charge is -2.15. The number of para-hydroxylation sites is 1. The number of pyridine rings is 1. The minimum Gasteiger partial charge on any atom is -0.293 e. The Kier molecular flexibility index (Phi) is 5.23. The largest absolute Gasteiger partial charge is 0.293 e. The molecule has 0 fully saturated rings. The lowest BCUT2D eigenvalue weighted by Crippen LogP contribution is -2.00. The van der Waals surface area contributed by atoms with Gasteiger partial charge in [0.25, 0.3) is 0 Å². The Morgan fingerprint density at radius 1 is 0.395 bits per heavy atom. The Balaban J connectivity index is 1.46. The molecule has 9 rings (SSSR count). The molecule has 0 saturated heterocycles. The first kappa shape index (κ1) is 23.9. The highest BCUT2D eigenvalue weighted by molar-refractivity contribution is 6.28. The summed E-state index contributed by atoms with van der Waals surface area (Å²) in [4.78, 5) is 5.37. The van der Waals surface area contributed by atoms with E-state index < -0.39 is 0 Å². The second-order valence-electron chi connectivity index (χ2n) is 11.2. The number of aromatic nitrogens is 2. The van der Waals surface area contributed by atoms with E-state index in [2.05, 4.69) is 162 Å². The molecule has 2 heterocycles. The molecule has 43 heavy (non-hydrogen) atoms. The Morgan fingerprint density at radius 3 is 1.84 bits per heavy atom. The van der Waals surface area contributed by atoms with Crippen LogP contribution in [0, 0.1) is 0 Å². The lowest BCUT2D eigenvalue weighted by atomic mass is 9.95. The zero-order valence-corrected chi connectivity index (χ0v) is 23.4. The van der Waals surface area contributed by atoms with E-state index >= 15 is 0 Å². The van der Waals surface area contributed by atoms with Crippen LogP contribution < -0.4 is 0 Å². The average Bonchev–Trinajstić information content (AvgIpc) is 3.43. The van der Waals surface area contributed by atoms with Gasteiger partial charge in [-0.15, -0.1) is 0 Å². The fraction of sp³-hybridized carbons (Fsp3) is 0. The standard InChI is InChI=1S/C41H26N2/c1-3-11-27(12-4-1)31-25-37(29-14-5-2-6-15-29)42-39(26-31)43-38-18-10-9-17-34(38)36-24-21-30-20-22-33-32-16-8-7-13-28(32)19-23-35(33)40(30)41(36)43/h1-26H.